The zero-order valence-electron chi connectivity index (χ0n) is 13.7. The number of allylic oxidation sites excluding steroid dienone is 1. The number of aliphatic carboxylic acids is 1. The molecule has 1 unspecified atom stereocenters. The molecular formula is C18H27NO4. The second-order valence-electron chi connectivity index (χ2n) is 7.33. The molecule has 0 aromatic heterocycles. The van der Waals surface area contributed by atoms with Crippen LogP contribution in [-0.4, -0.2) is 47.7 Å². The van der Waals surface area contributed by atoms with E-state index < -0.39 is 5.97 Å². The van der Waals surface area contributed by atoms with Gasteiger partial charge in [0.05, 0.1) is 17.4 Å². The molecule has 1 N–H and O–H groups in total. The minimum absolute atomic E-state index is 0.171. The van der Waals surface area contributed by atoms with Crippen molar-refractivity contribution in [1.82, 2.24) is 4.90 Å². The highest BCUT2D eigenvalue weighted by atomic mass is 16.5. The molecule has 2 aliphatic heterocycles. The predicted molar refractivity (Wildman–Crippen MR) is 85.9 cm³/mol. The summed E-state index contributed by atoms with van der Waals surface area (Å²) < 4.78 is 5.70. The Hall–Kier alpha value is -1.36. The molecular weight excluding hydrogens is 294 g/mol. The number of carbonyl (C=O) groups is 2. The number of ether oxygens (including phenoxy) is 1. The lowest BCUT2D eigenvalue weighted by molar-refractivity contribution is -0.151. The zero-order chi connectivity index (χ0) is 16.4. The minimum Gasteiger partial charge on any atom is -0.481 e. The lowest BCUT2D eigenvalue weighted by Gasteiger charge is -2.45. The van der Waals surface area contributed by atoms with Gasteiger partial charge in [0.2, 0.25) is 5.91 Å². The van der Waals surface area contributed by atoms with E-state index in [9.17, 15) is 14.7 Å². The molecule has 128 valence electrons. The summed E-state index contributed by atoms with van der Waals surface area (Å²) in [5.41, 5.74) is -0.192. The third-order valence-electron chi connectivity index (χ3n) is 6.04. The standard InChI is InChI=1S/C18H27NO4/c1-2-7-18(8-3-9-18)17(22)19-10-4-13(5-11-19)15-14(16(20)21)6-12-23-15/h2,13-15H,1,3-12H2,(H,20,21)/t14?,15-/m0/s1. The van der Waals surface area contributed by atoms with Gasteiger partial charge in [0.25, 0.3) is 0 Å². The molecule has 23 heavy (non-hydrogen) atoms. The summed E-state index contributed by atoms with van der Waals surface area (Å²) in [6.07, 6.45) is 7.87. The molecule has 0 radical (unpaired) electrons. The Balaban J connectivity index is 1.57. The third kappa shape index (κ3) is 3.03. The molecule has 2 saturated heterocycles. The van der Waals surface area contributed by atoms with Gasteiger partial charge in [0, 0.05) is 19.7 Å². The molecule has 0 aromatic carbocycles. The molecule has 5 heteroatoms. The SMILES string of the molecule is C=CCC1(C(=O)N2CCC([C@@H]3OCCC3C(=O)O)CC2)CCC1. The van der Waals surface area contributed by atoms with E-state index in [0.717, 1.165) is 51.6 Å². The van der Waals surface area contributed by atoms with Gasteiger partial charge in [-0.1, -0.05) is 12.5 Å². The molecule has 2 heterocycles. The van der Waals surface area contributed by atoms with E-state index in [1.165, 1.54) is 0 Å². The van der Waals surface area contributed by atoms with Gasteiger partial charge in [-0.3, -0.25) is 9.59 Å². The fraction of sp³-hybridized carbons (Fsp3) is 0.778. The number of amides is 1. The summed E-state index contributed by atoms with van der Waals surface area (Å²) in [6.45, 7) is 5.81. The first-order valence-electron chi connectivity index (χ1n) is 8.82. The first-order chi connectivity index (χ1) is 11.1. The molecule has 1 saturated carbocycles. The Morgan fingerprint density at radius 1 is 1.26 bits per heavy atom. The van der Waals surface area contributed by atoms with Crippen molar-refractivity contribution in [2.45, 2.75) is 51.0 Å². The fourth-order valence-electron chi connectivity index (χ4n) is 4.49. The topological polar surface area (TPSA) is 66.8 Å². The monoisotopic (exact) mass is 321 g/mol. The van der Waals surface area contributed by atoms with Crippen molar-refractivity contribution in [3.63, 3.8) is 0 Å². The lowest BCUT2D eigenvalue weighted by Crippen LogP contribution is -2.51. The average molecular weight is 321 g/mol. The van der Waals surface area contributed by atoms with Crippen molar-refractivity contribution < 1.29 is 19.4 Å². The average Bonchev–Trinajstić information content (AvgIpc) is 3.00. The number of likely N-dealkylation sites (tertiary alicyclic amines) is 1. The maximum absolute atomic E-state index is 12.8. The van der Waals surface area contributed by atoms with Crippen molar-refractivity contribution >= 4 is 11.9 Å². The number of rotatable bonds is 5. The predicted octanol–water partition coefficient (Wildman–Crippen LogP) is 2.46. The number of carbonyl (C=O) groups excluding carboxylic acids is 1. The van der Waals surface area contributed by atoms with Crippen LogP contribution in [0.5, 0.6) is 0 Å². The lowest BCUT2D eigenvalue weighted by atomic mass is 9.65. The van der Waals surface area contributed by atoms with Gasteiger partial charge in [0.1, 0.15) is 0 Å². The molecule has 0 bridgehead atoms. The van der Waals surface area contributed by atoms with Crippen LogP contribution in [0.2, 0.25) is 0 Å². The van der Waals surface area contributed by atoms with Crippen LogP contribution < -0.4 is 0 Å². The van der Waals surface area contributed by atoms with E-state index in [1.54, 1.807) is 0 Å². The van der Waals surface area contributed by atoms with Crippen molar-refractivity contribution in [3.8, 4) is 0 Å². The summed E-state index contributed by atoms with van der Waals surface area (Å²) in [4.78, 5) is 26.2. The quantitative estimate of drug-likeness (QED) is 0.790. The summed E-state index contributed by atoms with van der Waals surface area (Å²) >= 11 is 0. The second-order valence-corrected chi connectivity index (χ2v) is 7.33. The van der Waals surface area contributed by atoms with Crippen LogP contribution in [0.1, 0.15) is 44.9 Å². The number of piperidine rings is 1. The number of carboxylic acid groups (broad SMARTS) is 1. The van der Waals surface area contributed by atoms with Crippen molar-refractivity contribution in [2.24, 2.45) is 17.3 Å². The van der Waals surface area contributed by atoms with Gasteiger partial charge in [-0.05, 0) is 44.4 Å². The Bertz CT molecular complexity index is 477. The normalized spacial score (nSPS) is 30.7. The van der Waals surface area contributed by atoms with Crippen LogP contribution in [0, 0.1) is 17.3 Å². The third-order valence-corrected chi connectivity index (χ3v) is 6.04. The van der Waals surface area contributed by atoms with Crippen LogP contribution >= 0.6 is 0 Å². The molecule has 0 spiro atoms. The zero-order valence-corrected chi connectivity index (χ0v) is 13.7. The van der Waals surface area contributed by atoms with E-state index in [4.69, 9.17) is 4.74 Å². The van der Waals surface area contributed by atoms with Gasteiger partial charge in [-0.2, -0.15) is 0 Å². The van der Waals surface area contributed by atoms with Gasteiger partial charge in [-0.25, -0.2) is 0 Å². The number of hydrogen-bond acceptors (Lipinski definition) is 3. The van der Waals surface area contributed by atoms with E-state index in [-0.39, 0.29) is 29.3 Å². The summed E-state index contributed by atoms with van der Waals surface area (Å²) in [7, 11) is 0. The van der Waals surface area contributed by atoms with E-state index in [1.807, 2.05) is 11.0 Å². The van der Waals surface area contributed by atoms with Crippen LogP contribution in [0.25, 0.3) is 0 Å². The first kappa shape index (κ1) is 16.5. The number of carboxylic acids is 1. The fourth-order valence-corrected chi connectivity index (χ4v) is 4.49. The highest BCUT2D eigenvalue weighted by molar-refractivity contribution is 5.84. The Morgan fingerprint density at radius 2 is 1.96 bits per heavy atom. The Kier molecular flexibility index (Phi) is 4.76. The smallest absolute Gasteiger partial charge is 0.309 e. The molecule has 3 rings (SSSR count). The minimum atomic E-state index is -0.745. The Morgan fingerprint density at radius 3 is 2.48 bits per heavy atom. The highest BCUT2D eigenvalue weighted by Crippen LogP contribution is 2.46. The van der Waals surface area contributed by atoms with Crippen molar-refractivity contribution in [1.29, 1.82) is 0 Å². The van der Waals surface area contributed by atoms with Crippen LogP contribution in [0.15, 0.2) is 12.7 Å². The Labute approximate surface area is 137 Å². The maximum Gasteiger partial charge on any atom is 0.309 e. The van der Waals surface area contributed by atoms with Crippen LogP contribution in [-0.2, 0) is 14.3 Å². The van der Waals surface area contributed by atoms with E-state index in [2.05, 4.69) is 6.58 Å². The molecule has 3 fully saturated rings. The molecule has 5 nitrogen and oxygen atoms in total. The molecule has 0 aromatic rings. The molecule has 1 amide bonds. The summed E-state index contributed by atoms with van der Waals surface area (Å²) in [6, 6.07) is 0. The van der Waals surface area contributed by atoms with Crippen LogP contribution in [0.4, 0.5) is 0 Å². The maximum atomic E-state index is 12.8. The van der Waals surface area contributed by atoms with Gasteiger partial charge < -0.3 is 14.7 Å². The van der Waals surface area contributed by atoms with Crippen molar-refractivity contribution in [2.75, 3.05) is 19.7 Å². The number of nitrogens with zero attached hydrogens (tertiary/aromatic N) is 1. The van der Waals surface area contributed by atoms with Crippen LogP contribution in [0.3, 0.4) is 0 Å². The van der Waals surface area contributed by atoms with Crippen molar-refractivity contribution in [3.05, 3.63) is 12.7 Å². The van der Waals surface area contributed by atoms with Gasteiger partial charge in [-0.15, -0.1) is 6.58 Å². The molecule has 2 atom stereocenters. The van der Waals surface area contributed by atoms with E-state index in [0.29, 0.717) is 13.0 Å². The van der Waals surface area contributed by atoms with Gasteiger partial charge >= 0.3 is 5.97 Å². The summed E-state index contributed by atoms with van der Waals surface area (Å²) in [5, 5.41) is 9.31. The van der Waals surface area contributed by atoms with E-state index >= 15 is 0 Å². The number of hydrogen-bond donors (Lipinski definition) is 1. The highest BCUT2D eigenvalue weighted by Gasteiger charge is 2.47. The largest absolute Gasteiger partial charge is 0.481 e. The molecule has 3 aliphatic rings. The van der Waals surface area contributed by atoms with Gasteiger partial charge in [0.15, 0.2) is 0 Å². The second kappa shape index (κ2) is 6.63. The first-order valence-corrected chi connectivity index (χ1v) is 8.82. The summed E-state index contributed by atoms with van der Waals surface area (Å²) in [5.74, 6) is -0.574. The molecule has 1 aliphatic carbocycles.